The number of carbonyl (C=O) groups is 1. The maximum Gasteiger partial charge on any atom is 0.270 e. The molecule has 0 unspecified atom stereocenters. The van der Waals surface area contributed by atoms with Gasteiger partial charge in [0.2, 0.25) is 5.91 Å². The minimum Gasteiger partial charge on any atom is -0.496 e. The molecule has 6 heteroatoms. The second kappa shape index (κ2) is 7.92. The minimum absolute atomic E-state index is 0.0246. The van der Waals surface area contributed by atoms with E-state index < -0.39 is 4.92 Å². The number of nitrogens with zero attached hydrogens (tertiary/aromatic N) is 1. The Bertz CT molecular complexity index is 1060. The Morgan fingerprint density at radius 3 is 2.39 bits per heavy atom. The van der Waals surface area contributed by atoms with Gasteiger partial charge in [-0.1, -0.05) is 36.4 Å². The first-order valence-electron chi connectivity index (χ1n) is 8.70. The van der Waals surface area contributed by atoms with Gasteiger partial charge in [-0.25, -0.2) is 0 Å². The quantitative estimate of drug-likeness (QED) is 0.513. The van der Waals surface area contributed by atoms with Crippen molar-refractivity contribution in [2.75, 3.05) is 7.11 Å². The number of primary amides is 1. The molecule has 6 nitrogen and oxygen atoms in total. The third kappa shape index (κ3) is 4.01. The lowest BCUT2D eigenvalue weighted by Gasteiger charge is -2.13. The van der Waals surface area contributed by atoms with Crippen LogP contribution < -0.4 is 10.5 Å². The van der Waals surface area contributed by atoms with Crippen molar-refractivity contribution in [2.45, 2.75) is 13.3 Å². The van der Waals surface area contributed by atoms with Crippen molar-refractivity contribution in [3.63, 3.8) is 0 Å². The van der Waals surface area contributed by atoms with Gasteiger partial charge in [0.05, 0.1) is 18.5 Å². The molecule has 2 N–H and O–H groups in total. The Kier molecular flexibility index (Phi) is 5.40. The van der Waals surface area contributed by atoms with Gasteiger partial charge in [-0.3, -0.25) is 14.9 Å². The summed E-state index contributed by atoms with van der Waals surface area (Å²) in [5.41, 5.74) is 10.6. The average Bonchev–Trinajstić information content (AvgIpc) is 2.68. The highest BCUT2D eigenvalue weighted by Crippen LogP contribution is 2.36. The highest BCUT2D eigenvalue weighted by atomic mass is 16.6. The molecule has 0 aliphatic heterocycles. The van der Waals surface area contributed by atoms with Crippen LogP contribution in [-0.4, -0.2) is 17.9 Å². The Labute approximate surface area is 162 Å². The van der Waals surface area contributed by atoms with Crippen molar-refractivity contribution < 1.29 is 14.5 Å². The van der Waals surface area contributed by atoms with Crippen molar-refractivity contribution in [1.82, 2.24) is 0 Å². The molecule has 3 rings (SSSR count). The van der Waals surface area contributed by atoms with Gasteiger partial charge in [0.25, 0.3) is 5.69 Å². The monoisotopic (exact) mass is 376 g/mol. The number of carbonyl (C=O) groups excluding carboxylic acids is 1. The van der Waals surface area contributed by atoms with E-state index in [1.54, 1.807) is 13.2 Å². The Balaban J connectivity index is 2.07. The van der Waals surface area contributed by atoms with Crippen LogP contribution in [0.1, 0.15) is 11.1 Å². The first-order chi connectivity index (χ1) is 13.4. The van der Waals surface area contributed by atoms with E-state index in [9.17, 15) is 14.9 Å². The van der Waals surface area contributed by atoms with E-state index in [0.717, 1.165) is 27.8 Å². The van der Waals surface area contributed by atoms with E-state index in [1.807, 2.05) is 49.4 Å². The molecule has 0 saturated carbocycles. The highest BCUT2D eigenvalue weighted by molar-refractivity contribution is 5.80. The summed E-state index contributed by atoms with van der Waals surface area (Å²) in [6.07, 6.45) is 0.202. The maximum atomic E-state index is 11.2. The van der Waals surface area contributed by atoms with Crippen LogP contribution in [0.4, 0.5) is 5.69 Å². The topological polar surface area (TPSA) is 95.5 Å². The molecule has 0 aromatic heterocycles. The van der Waals surface area contributed by atoms with Gasteiger partial charge in [-0.15, -0.1) is 0 Å². The number of aryl methyl sites for hydroxylation is 1. The summed E-state index contributed by atoms with van der Waals surface area (Å²) in [6.45, 7) is 1.94. The number of ether oxygens (including phenoxy) is 1. The lowest BCUT2D eigenvalue weighted by atomic mass is 9.95. The average molecular weight is 376 g/mol. The zero-order valence-electron chi connectivity index (χ0n) is 15.6. The van der Waals surface area contributed by atoms with E-state index in [1.165, 1.54) is 12.1 Å². The van der Waals surface area contributed by atoms with Gasteiger partial charge in [-0.2, -0.15) is 0 Å². The summed E-state index contributed by atoms with van der Waals surface area (Å²) in [7, 11) is 1.57. The number of methoxy groups -OCH3 is 1. The van der Waals surface area contributed by atoms with Crippen LogP contribution >= 0.6 is 0 Å². The number of nitrogens with two attached hydrogens (primary N) is 1. The van der Waals surface area contributed by atoms with E-state index in [2.05, 4.69) is 0 Å². The molecule has 0 bridgehead atoms. The molecule has 0 heterocycles. The summed E-state index contributed by atoms with van der Waals surface area (Å²) in [5.74, 6) is 0.263. The summed E-state index contributed by atoms with van der Waals surface area (Å²) < 4.78 is 5.46. The Morgan fingerprint density at radius 1 is 1.04 bits per heavy atom. The van der Waals surface area contributed by atoms with Gasteiger partial charge >= 0.3 is 0 Å². The van der Waals surface area contributed by atoms with Crippen LogP contribution in [0.3, 0.4) is 0 Å². The predicted molar refractivity (Wildman–Crippen MR) is 108 cm³/mol. The second-order valence-electron chi connectivity index (χ2n) is 6.51. The van der Waals surface area contributed by atoms with Crippen LogP contribution in [0, 0.1) is 17.0 Å². The molecule has 3 aromatic carbocycles. The highest BCUT2D eigenvalue weighted by Gasteiger charge is 2.13. The zero-order chi connectivity index (χ0) is 20.3. The Hall–Kier alpha value is -3.67. The van der Waals surface area contributed by atoms with Gasteiger partial charge in [0, 0.05) is 17.7 Å². The number of amides is 1. The summed E-state index contributed by atoms with van der Waals surface area (Å²) in [5, 5.41) is 11.1. The van der Waals surface area contributed by atoms with E-state index in [0.29, 0.717) is 11.3 Å². The van der Waals surface area contributed by atoms with Crippen LogP contribution in [0.25, 0.3) is 22.3 Å². The van der Waals surface area contributed by atoms with Crippen molar-refractivity contribution in [1.29, 1.82) is 0 Å². The zero-order valence-corrected chi connectivity index (χ0v) is 15.6. The van der Waals surface area contributed by atoms with Crippen molar-refractivity contribution in [3.8, 4) is 28.0 Å². The first kappa shape index (κ1) is 19.1. The summed E-state index contributed by atoms with van der Waals surface area (Å²) in [4.78, 5) is 21.9. The lowest BCUT2D eigenvalue weighted by Crippen LogP contribution is -2.14. The van der Waals surface area contributed by atoms with Crippen molar-refractivity contribution in [2.24, 2.45) is 5.73 Å². The van der Waals surface area contributed by atoms with E-state index in [4.69, 9.17) is 10.5 Å². The summed E-state index contributed by atoms with van der Waals surface area (Å²) >= 11 is 0. The fourth-order valence-corrected chi connectivity index (χ4v) is 3.16. The van der Waals surface area contributed by atoms with Crippen molar-refractivity contribution in [3.05, 3.63) is 81.9 Å². The number of rotatable bonds is 6. The third-order valence-corrected chi connectivity index (χ3v) is 4.61. The van der Waals surface area contributed by atoms with E-state index in [-0.39, 0.29) is 18.0 Å². The predicted octanol–water partition coefficient (Wildman–Crippen LogP) is 4.27. The number of non-ortho nitro benzene ring substituents is 1. The molecule has 0 fully saturated rings. The van der Waals surface area contributed by atoms with Crippen molar-refractivity contribution >= 4 is 11.6 Å². The van der Waals surface area contributed by atoms with Crippen LogP contribution in [0.5, 0.6) is 5.75 Å². The number of nitro benzene ring substituents is 1. The van der Waals surface area contributed by atoms with Crippen LogP contribution in [-0.2, 0) is 11.2 Å². The second-order valence-corrected chi connectivity index (χ2v) is 6.51. The number of hydrogen-bond acceptors (Lipinski definition) is 4. The molecule has 0 saturated heterocycles. The molecular weight excluding hydrogens is 356 g/mol. The molecule has 28 heavy (non-hydrogen) atoms. The fourth-order valence-electron chi connectivity index (χ4n) is 3.16. The Morgan fingerprint density at radius 2 is 1.75 bits per heavy atom. The summed E-state index contributed by atoms with van der Waals surface area (Å²) in [6, 6.07) is 18.0. The van der Waals surface area contributed by atoms with Gasteiger partial charge in [0.1, 0.15) is 5.75 Å². The number of hydrogen-bond donors (Lipinski definition) is 1. The molecule has 0 radical (unpaired) electrons. The van der Waals surface area contributed by atoms with E-state index >= 15 is 0 Å². The number of benzene rings is 3. The van der Waals surface area contributed by atoms with Crippen LogP contribution in [0.2, 0.25) is 0 Å². The third-order valence-electron chi connectivity index (χ3n) is 4.61. The van der Waals surface area contributed by atoms with Gasteiger partial charge in [0.15, 0.2) is 0 Å². The molecule has 142 valence electrons. The molecular formula is C22H20N2O4. The largest absolute Gasteiger partial charge is 0.496 e. The molecule has 0 aliphatic rings. The molecule has 3 aromatic rings. The molecule has 0 atom stereocenters. The molecule has 1 amide bonds. The smallest absolute Gasteiger partial charge is 0.270 e. The SMILES string of the molecule is COc1ccc(-c2ccc(CC(N)=O)c(C)c2)cc1-c1cccc([N+](=O)[O-])c1. The lowest BCUT2D eigenvalue weighted by molar-refractivity contribution is -0.384. The normalized spacial score (nSPS) is 10.5. The van der Waals surface area contributed by atoms with Gasteiger partial charge in [-0.05, 0) is 46.9 Å². The fraction of sp³-hybridized carbons (Fsp3) is 0.136. The van der Waals surface area contributed by atoms with Crippen LogP contribution in [0.15, 0.2) is 60.7 Å². The molecule has 0 spiro atoms. The molecule has 0 aliphatic carbocycles. The first-order valence-corrected chi connectivity index (χ1v) is 8.70. The van der Waals surface area contributed by atoms with Gasteiger partial charge < -0.3 is 10.5 Å². The standard InChI is InChI=1S/C22H20N2O4/c1-14-10-16(7-6-15(14)13-22(23)25)17-8-9-21(28-2)20(12-17)18-4-3-5-19(11-18)24(26)27/h3-12H,13H2,1-2H3,(H2,23,25). The number of nitro groups is 1. The minimum atomic E-state index is -0.416. The maximum absolute atomic E-state index is 11.2.